The van der Waals surface area contributed by atoms with Crippen molar-refractivity contribution in [3.8, 4) is 0 Å². The quantitative estimate of drug-likeness (QED) is 0.755. The van der Waals surface area contributed by atoms with Crippen molar-refractivity contribution in [3.63, 3.8) is 0 Å². The summed E-state index contributed by atoms with van der Waals surface area (Å²) < 4.78 is 0. The SMILES string of the molecule is Cl.Cl.NCCc1ccc(C(N)(CCN)c2ccccc2)cc1. The molecule has 1 atom stereocenters. The molecule has 0 aromatic heterocycles. The van der Waals surface area contributed by atoms with Crippen LogP contribution >= 0.6 is 24.8 Å². The summed E-state index contributed by atoms with van der Waals surface area (Å²) in [6.07, 6.45) is 1.60. The molecule has 0 heterocycles. The minimum absolute atomic E-state index is 0. The summed E-state index contributed by atoms with van der Waals surface area (Å²) in [6, 6.07) is 18.5. The fraction of sp³-hybridized carbons (Fsp3) is 0.294. The van der Waals surface area contributed by atoms with Gasteiger partial charge in [-0.25, -0.2) is 0 Å². The van der Waals surface area contributed by atoms with E-state index in [1.807, 2.05) is 18.2 Å². The van der Waals surface area contributed by atoms with Crippen LogP contribution < -0.4 is 17.2 Å². The Balaban J connectivity index is 0.00000220. The maximum atomic E-state index is 6.67. The van der Waals surface area contributed by atoms with Crippen molar-refractivity contribution in [2.45, 2.75) is 18.4 Å². The first kappa shape index (κ1) is 20.9. The predicted octanol–water partition coefficient (Wildman–Crippen LogP) is 2.58. The molecule has 5 heteroatoms. The Labute approximate surface area is 145 Å². The van der Waals surface area contributed by atoms with E-state index < -0.39 is 5.54 Å². The maximum absolute atomic E-state index is 6.67. The second-order valence-electron chi connectivity index (χ2n) is 5.11. The minimum atomic E-state index is -0.531. The van der Waals surface area contributed by atoms with E-state index in [2.05, 4.69) is 36.4 Å². The van der Waals surface area contributed by atoms with Gasteiger partial charge in [0.2, 0.25) is 0 Å². The Hall–Kier alpha value is -1.10. The summed E-state index contributed by atoms with van der Waals surface area (Å²) >= 11 is 0. The highest BCUT2D eigenvalue weighted by Crippen LogP contribution is 2.30. The van der Waals surface area contributed by atoms with E-state index >= 15 is 0 Å². The number of halogens is 2. The third kappa shape index (κ3) is 4.70. The number of hydrogen-bond donors (Lipinski definition) is 3. The predicted molar refractivity (Wildman–Crippen MR) is 98.8 cm³/mol. The van der Waals surface area contributed by atoms with Gasteiger partial charge >= 0.3 is 0 Å². The molecule has 1 unspecified atom stereocenters. The molecule has 0 aliphatic heterocycles. The van der Waals surface area contributed by atoms with Crippen molar-refractivity contribution >= 4 is 24.8 Å². The summed E-state index contributed by atoms with van der Waals surface area (Å²) in [5, 5.41) is 0. The summed E-state index contributed by atoms with van der Waals surface area (Å²) in [5.41, 5.74) is 20.9. The van der Waals surface area contributed by atoms with Crippen LogP contribution in [0.2, 0.25) is 0 Å². The molecular weight excluding hydrogens is 317 g/mol. The van der Waals surface area contributed by atoms with Gasteiger partial charge in [0.15, 0.2) is 0 Å². The normalized spacial score (nSPS) is 12.7. The zero-order valence-electron chi connectivity index (χ0n) is 12.6. The van der Waals surface area contributed by atoms with Crippen LogP contribution in [0.4, 0.5) is 0 Å². The lowest BCUT2D eigenvalue weighted by molar-refractivity contribution is 0.499. The Kier molecular flexibility index (Phi) is 9.33. The maximum Gasteiger partial charge on any atom is 0.0677 e. The van der Waals surface area contributed by atoms with Gasteiger partial charge in [-0.1, -0.05) is 54.6 Å². The largest absolute Gasteiger partial charge is 0.330 e. The zero-order chi connectivity index (χ0) is 14.4. The molecule has 0 radical (unpaired) electrons. The van der Waals surface area contributed by atoms with Crippen molar-refractivity contribution in [3.05, 3.63) is 71.3 Å². The number of benzene rings is 2. The number of rotatable bonds is 6. The van der Waals surface area contributed by atoms with Crippen molar-refractivity contribution in [2.75, 3.05) is 13.1 Å². The molecule has 2 rings (SSSR count). The molecule has 122 valence electrons. The number of hydrogen-bond acceptors (Lipinski definition) is 3. The lowest BCUT2D eigenvalue weighted by Gasteiger charge is -2.30. The first-order valence-corrected chi connectivity index (χ1v) is 7.04. The van der Waals surface area contributed by atoms with Crippen molar-refractivity contribution in [1.82, 2.24) is 0 Å². The molecule has 0 aliphatic carbocycles. The van der Waals surface area contributed by atoms with E-state index in [1.165, 1.54) is 5.56 Å². The Morgan fingerprint density at radius 3 is 1.77 bits per heavy atom. The highest BCUT2D eigenvalue weighted by Gasteiger charge is 2.28. The first-order chi connectivity index (χ1) is 9.70. The minimum Gasteiger partial charge on any atom is -0.330 e. The van der Waals surface area contributed by atoms with E-state index in [0.717, 1.165) is 17.5 Å². The molecule has 0 amide bonds. The molecule has 0 fully saturated rings. The standard InChI is InChI=1S/C17H23N3.2ClH/c18-12-10-14-6-8-16(9-7-14)17(20,11-13-19)15-4-2-1-3-5-15;;/h1-9H,10-13,18-20H2;2*1H. The molecule has 0 aliphatic rings. The fourth-order valence-electron chi connectivity index (χ4n) is 2.55. The Morgan fingerprint density at radius 2 is 1.27 bits per heavy atom. The van der Waals surface area contributed by atoms with E-state index in [9.17, 15) is 0 Å². The van der Waals surface area contributed by atoms with Crippen LogP contribution in [0, 0.1) is 0 Å². The lowest BCUT2D eigenvalue weighted by atomic mass is 9.81. The monoisotopic (exact) mass is 341 g/mol. The van der Waals surface area contributed by atoms with Gasteiger partial charge in [-0.15, -0.1) is 24.8 Å². The third-order valence-electron chi connectivity index (χ3n) is 3.73. The van der Waals surface area contributed by atoms with Crippen LogP contribution in [0.15, 0.2) is 54.6 Å². The third-order valence-corrected chi connectivity index (χ3v) is 3.73. The van der Waals surface area contributed by atoms with Gasteiger partial charge in [-0.2, -0.15) is 0 Å². The fourth-order valence-corrected chi connectivity index (χ4v) is 2.55. The van der Waals surface area contributed by atoms with Gasteiger partial charge in [0.1, 0.15) is 0 Å². The van der Waals surface area contributed by atoms with E-state index in [-0.39, 0.29) is 24.8 Å². The lowest BCUT2D eigenvalue weighted by Crippen LogP contribution is -2.40. The molecule has 0 saturated carbocycles. The van der Waals surface area contributed by atoms with Crippen LogP contribution in [0.5, 0.6) is 0 Å². The van der Waals surface area contributed by atoms with E-state index in [4.69, 9.17) is 17.2 Å². The smallest absolute Gasteiger partial charge is 0.0677 e. The Bertz CT molecular complexity index is 531. The highest BCUT2D eigenvalue weighted by molar-refractivity contribution is 5.85. The van der Waals surface area contributed by atoms with Crippen molar-refractivity contribution in [2.24, 2.45) is 17.2 Å². The highest BCUT2D eigenvalue weighted by atomic mass is 35.5. The van der Waals surface area contributed by atoms with Crippen LogP contribution in [0.1, 0.15) is 23.1 Å². The van der Waals surface area contributed by atoms with Gasteiger partial charge in [-0.05, 0) is 42.6 Å². The van der Waals surface area contributed by atoms with Gasteiger partial charge in [0, 0.05) is 0 Å². The Morgan fingerprint density at radius 1 is 0.727 bits per heavy atom. The summed E-state index contributed by atoms with van der Waals surface area (Å²) in [4.78, 5) is 0. The van der Waals surface area contributed by atoms with Gasteiger partial charge in [0.25, 0.3) is 0 Å². The van der Waals surface area contributed by atoms with Crippen LogP contribution in [0.3, 0.4) is 0 Å². The van der Waals surface area contributed by atoms with Gasteiger partial charge < -0.3 is 17.2 Å². The molecular formula is C17H25Cl2N3. The molecule has 3 nitrogen and oxygen atoms in total. The second-order valence-corrected chi connectivity index (χ2v) is 5.11. The molecule has 6 N–H and O–H groups in total. The molecule has 2 aromatic carbocycles. The molecule has 0 bridgehead atoms. The topological polar surface area (TPSA) is 78.1 Å². The summed E-state index contributed by atoms with van der Waals surface area (Å²) in [7, 11) is 0. The van der Waals surface area contributed by atoms with Crippen molar-refractivity contribution in [1.29, 1.82) is 0 Å². The first-order valence-electron chi connectivity index (χ1n) is 7.04. The number of nitrogens with two attached hydrogens (primary N) is 3. The van der Waals surface area contributed by atoms with E-state index in [0.29, 0.717) is 19.5 Å². The average Bonchev–Trinajstić information content (AvgIpc) is 2.49. The zero-order valence-corrected chi connectivity index (χ0v) is 14.2. The van der Waals surface area contributed by atoms with Crippen LogP contribution in [-0.2, 0) is 12.0 Å². The summed E-state index contributed by atoms with van der Waals surface area (Å²) in [5.74, 6) is 0. The summed E-state index contributed by atoms with van der Waals surface area (Å²) in [6.45, 7) is 1.21. The second kappa shape index (κ2) is 9.82. The molecule has 0 saturated heterocycles. The molecule has 2 aromatic rings. The average molecular weight is 342 g/mol. The van der Waals surface area contributed by atoms with Gasteiger partial charge in [0.05, 0.1) is 5.54 Å². The molecule has 22 heavy (non-hydrogen) atoms. The van der Waals surface area contributed by atoms with E-state index in [1.54, 1.807) is 0 Å². The van der Waals surface area contributed by atoms with Crippen LogP contribution in [0.25, 0.3) is 0 Å². The van der Waals surface area contributed by atoms with Gasteiger partial charge in [-0.3, -0.25) is 0 Å². The molecule has 0 spiro atoms. The van der Waals surface area contributed by atoms with Crippen molar-refractivity contribution < 1.29 is 0 Å². The van der Waals surface area contributed by atoms with Crippen LogP contribution in [-0.4, -0.2) is 13.1 Å².